The van der Waals surface area contributed by atoms with Gasteiger partial charge in [0.15, 0.2) is 0 Å². The number of aromatic nitrogens is 1. The fraction of sp³-hybridized carbons (Fsp3) is 0.375. The lowest BCUT2D eigenvalue weighted by atomic mass is 10.1. The van der Waals surface area contributed by atoms with Gasteiger partial charge in [-0.1, -0.05) is 22.9 Å². The minimum absolute atomic E-state index is 0.0945. The molecule has 0 aliphatic heterocycles. The number of hydrogen-bond acceptors (Lipinski definition) is 4. The van der Waals surface area contributed by atoms with Gasteiger partial charge in [-0.25, -0.2) is 0 Å². The van der Waals surface area contributed by atoms with Gasteiger partial charge >= 0.3 is 5.97 Å². The summed E-state index contributed by atoms with van der Waals surface area (Å²) in [5, 5.41) is 12.9. The number of carboxylic acid groups (broad SMARTS) is 1. The molecule has 5 nitrogen and oxygen atoms in total. The lowest BCUT2D eigenvalue weighted by Crippen LogP contribution is -2.26. The summed E-state index contributed by atoms with van der Waals surface area (Å²) in [6.07, 6.45) is 0.0945. The predicted octanol–water partition coefficient (Wildman–Crippen LogP) is 3.08. The zero-order chi connectivity index (χ0) is 15.4. The van der Waals surface area contributed by atoms with E-state index >= 15 is 0 Å². The summed E-state index contributed by atoms with van der Waals surface area (Å²) in [4.78, 5) is 12.9. The third kappa shape index (κ3) is 3.84. The van der Waals surface area contributed by atoms with Gasteiger partial charge in [-0.3, -0.25) is 4.79 Å². The molecule has 0 bridgehead atoms. The van der Waals surface area contributed by atoms with E-state index in [-0.39, 0.29) is 6.42 Å². The van der Waals surface area contributed by atoms with E-state index in [0.29, 0.717) is 13.1 Å². The average molecular weight is 288 g/mol. The number of hydrogen-bond donors (Lipinski definition) is 1. The minimum atomic E-state index is -0.800. The van der Waals surface area contributed by atoms with Crippen LogP contribution in [0.5, 0.6) is 0 Å². The molecule has 0 fully saturated rings. The lowest BCUT2D eigenvalue weighted by molar-refractivity contribution is -0.136. The van der Waals surface area contributed by atoms with Crippen LogP contribution in [-0.2, 0) is 11.3 Å². The highest BCUT2D eigenvalue weighted by molar-refractivity contribution is 5.67. The normalized spacial score (nSPS) is 10.6. The molecule has 21 heavy (non-hydrogen) atoms. The van der Waals surface area contributed by atoms with E-state index in [2.05, 4.69) is 5.16 Å². The minimum Gasteiger partial charge on any atom is -0.481 e. The van der Waals surface area contributed by atoms with E-state index in [9.17, 15) is 4.79 Å². The van der Waals surface area contributed by atoms with Gasteiger partial charge < -0.3 is 14.5 Å². The van der Waals surface area contributed by atoms with Crippen molar-refractivity contribution in [3.05, 3.63) is 46.8 Å². The molecule has 0 atom stereocenters. The molecule has 0 saturated heterocycles. The van der Waals surface area contributed by atoms with Crippen molar-refractivity contribution in [2.24, 2.45) is 0 Å². The van der Waals surface area contributed by atoms with Crippen LogP contribution >= 0.6 is 0 Å². The van der Waals surface area contributed by atoms with Crippen LogP contribution in [-0.4, -0.2) is 22.8 Å². The van der Waals surface area contributed by atoms with E-state index < -0.39 is 5.97 Å². The molecular formula is C16H20N2O3. The molecule has 0 spiro atoms. The Hall–Kier alpha value is -2.30. The first-order chi connectivity index (χ1) is 9.97. The maximum Gasteiger partial charge on any atom is 0.305 e. The standard InChI is InChI=1S/C16H20N2O3/c1-11-4-6-14(7-5-11)18(9-8-16(19)20)10-15-12(2)17-21-13(15)3/h4-7H,8-10H2,1-3H3,(H,19,20). The summed E-state index contributed by atoms with van der Waals surface area (Å²) < 4.78 is 5.18. The van der Waals surface area contributed by atoms with Crippen molar-refractivity contribution < 1.29 is 14.4 Å². The molecule has 0 aliphatic carbocycles. The summed E-state index contributed by atoms with van der Waals surface area (Å²) >= 11 is 0. The molecule has 5 heteroatoms. The second-order valence-corrected chi connectivity index (χ2v) is 5.20. The molecular weight excluding hydrogens is 268 g/mol. The molecule has 1 heterocycles. The highest BCUT2D eigenvalue weighted by atomic mass is 16.5. The Morgan fingerprint density at radius 2 is 1.90 bits per heavy atom. The predicted molar refractivity (Wildman–Crippen MR) is 80.5 cm³/mol. The summed E-state index contributed by atoms with van der Waals surface area (Å²) in [7, 11) is 0. The van der Waals surface area contributed by atoms with Crippen molar-refractivity contribution in [2.45, 2.75) is 33.7 Å². The molecule has 0 unspecified atom stereocenters. The highest BCUT2D eigenvalue weighted by Gasteiger charge is 2.15. The quantitative estimate of drug-likeness (QED) is 0.884. The smallest absolute Gasteiger partial charge is 0.305 e. The van der Waals surface area contributed by atoms with Crippen molar-refractivity contribution in [3.8, 4) is 0 Å². The van der Waals surface area contributed by atoms with Gasteiger partial charge in [-0.15, -0.1) is 0 Å². The lowest BCUT2D eigenvalue weighted by Gasteiger charge is -2.24. The molecule has 0 saturated carbocycles. The van der Waals surface area contributed by atoms with Gasteiger partial charge in [0.1, 0.15) is 5.76 Å². The molecule has 1 aromatic heterocycles. The molecule has 0 radical (unpaired) electrons. The van der Waals surface area contributed by atoms with Crippen LogP contribution in [0.2, 0.25) is 0 Å². The fourth-order valence-corrected chi connectivity index (χ4v) is 2.20. The first kappa shape index (κ1) is 15.1. The molecule has 1 N–H and O–H groups in total. The van der Waals surface area contributed by atoms with Crippen LogP contribution < -0.4 is 4.90 Å². The topological polar surface area (TPSA) is 66.6 Å². The van der Waals surface area contributed by atoms with E-state index in [4.69, 9.17) is 9.63 Å². The fourth-order valence-electron chi connectivity index (χ4n) is 2.20. The number of aliphatic carboxylic acids is 1. The molecule has 0 amide bonds. The van der Waals surface area contributed by atoms with Crippen molar-refractivity contribution >= 4 is 11.7 Å². The van der Waals surface area contributed by atoms with Crippen LogP contribution in [0, 0.1) is 20.8 Å². The SMILES string of the molecule is Cc1ccc(N(CCC(=O)O)Cc2c(C)noc2C)cc1. The number of carbonyl (C=O) groups is 1. The Morgan fingerprint density at radius 1 is 1.24 bits per heavy atom. The van der Waals surface area contributed by atoms with Crippen LogP contribution in [0.3, 0.4) is 0 Å². The highest BCUT2D eigenvalue weighted by Crippen LogP contribution is 2.21. The third-order valence-corrected chi connectivity index (χ3v) is 3.52. The van der Waals surface area contributed by atoms with Gasteiger partial charge in [0.05, 0.1) is 12.1 Å². The first-order valence-electron chi connectivity index (χ1n) is 6.92. The number of anilines is 1. The van der Waals surface area contributed by atoms with Crippen molar-refractivity contribution in [1.82, 2.24) is 5.16 Å². The monoisotopic (exact) mass is 288 g/mol. The maximum atomic E-state index is 10.9. The number of benzene rings is 1. The number of rotatable bonds is 6. The maximum absolute atomic E-state index is 10.9. The Labute approximate surface area is 124 Å². The number of aryl methyl sites for hydroxylation is 3. The number of carboxylic acids is 1. The second kappa shape index (κ2) is 6.43. The first-order valence-corrected chi connectivity index (χ1v) is 6.92. The van der Waals surface area contributed by atoms with E-state index in [1.807, 2.05) is 49.9 Å². The second-order valence-electron chi connectivity index (χ2n) is 5.20. The molecule has 112 valence electrons. The Kier molecular flexibility index (Phi) is 4.62. The molecule has 2 aromatic rings. The molecule has 1 aromatic carbocycles. The molecule has 2 rings (SSSR count). The van der Waals surface area contributed by atoms with Gasteiger partial charge in [-0.2, -0.15) is 0 Å². The van der Waals surface area contributed by atoms with Gasteiger partial charge in [0.25, 0.3) is 0 Å². The van der Waals surface area contributed by atoms with Crippen LogP contribution in [0.1, 0.15) is 29.0 Å². The van der Waals surface area contributed by atoms with Crippen LogP contribution in [0.4, 0.5) is 5.69 Å². The third-order valence-electron chi connectivity index (χ3n) is 3.52. The van der Waals surface area contributed by atoms with E-state index in [1.165, 1.54) is 5.56 Å². The van der Waals surface area contributed by atoms with E-state index in [0.717, 1.165) is 22.7 Å². The Balaban J connectivity index is 2.23. The van der Waals surface area contributed by atoms with Gasteiger partial charge in [0.2, 0.25) is 0 Å². The zero-order valence-corrected chi connectivity index (χ0v) is 12.6. The summed E-state index contributed by atoms with van der Waals surface area (Å²) in [5.41, 5.74) is 4.04. The van der Waals surface area contributed by atoms with Crippen molar-refractivity contribution in [2.75, 3.05) is 11.4 Å². The largest absolute Gasteiger partial charge is 0.481 e. The Morgan fingerprint density at radius 3 is 2.43 bits per heavy atom. The number of nitrogens with zero attached hydrogens (tertiary/aromatic N) is 2. The van der Waals surface area contributed by atoms with Crippen molar-refractivity contribution in [3.63, 3.8) is 0 Å². The van der Waals surface area contributed by atoms with E-state index in [1.54, 1.807) is 0 Å². The van der Waals surface area contributed by atoms with Crippen LogP contribution in [0.15, 0.2) is 28.8 Å². The Bertz CT molecular complexity index is 597. The van der Waals surface area contributed by atoms with Gasteiger partial charge in [0, 0.05) is 24.3 Å². The zero-order valence-electron chi connectivity index (χ0n) is 12.6. The average Bonchev–Trinajstić information content (AvgIpc) is 2.75. The van der Waals surface area contributed by atoms with Crippen LogP contribution in [0.25, 0.3) is 0 Å². The molecule has 0 aliphatic rings. The summed E-state index contributed by atoms with van der Waals surface area (Å²) in [6.45, 7) is 6.84. The summed E-state index contributed by atoms with van der Waals surface area (Å²) in [5.74, 6) is -0.0224. The summed E-state index contributed by atoms with van der Waals surface area (Å²) in [6, 6.07) is 8.07. The van der Waals surface area contributed by atoms with Crippen molar-refractivity contribution in [1.29, 1.82) is 0 Å². The van der Waals surface area contributed by atoms with Gasteiger partial charge in [-0.05, 0) is 32.9 Å².